The predicted octanol–water partition coefficient (Wildman–Crippen LogP) is 3.69. The Kier molecular flexibility index (Phi) is 2.15. The largest absolute Gasteiger partial charge is 0.0654 e. The molecular weight excluding hydrogens is 156 g/mol. The molecule has 1 unspecified atom stereocenters. The summed E-state index contributed by atoms with van der Waals surface area (Å²) in [5.74, 6) is 0. The maximum absolute atomic E-state index is 2.42. The van der Waals surface area contributed by atoms with E-state index in [0.717, 1.165) is 0 Å². The summed E-state index contributed by atoms with van der Waals surface area (Å²) in [5, 5.41) is 0. The zero-order valence-corrected chi connectivity index (χ0v) is 8.64. The van der Waals surface area contributed by atoms with Gasteiger partial charge in [-0.1, -0.05) is 44.5 Å². The molecule has 0 spiro atoms. The standard InChI is InChI=1S/C13H18/c1-3-9-13(2)10-8-11-6-4-5-7-12(11)13/h4-7H,3,8-10H2,1-2H3. The van der Waals surface area contributed by atoms with Crippen molar-refractivity contribution in [3.63, 3.8) is 0 Å². The zero-order chi connectivity index (χ0) is 9.31. The fourth-order valence-corrected chi connectivity index (χ4v) is 2.68. The monoisotopic (exact) mass is 174 g/mol. The Morgan fingerprint density at radius 3 is 2.85 bits per heavy atom. The molecule has 0 radical (unpaired) electrons. The van der Waals surface area contributed by atoms with Gasteiger partial charge in [0.15, 0.2) is 0 Å². The van der Waals surface area contributed by atoms with Gasteiger partial charge in [-0.25, -0.2) is 0 Å². The van der Waals surface area contributed by atoms with E-state index in [-0.39, 0.29) is 0 Å². The first-order valence-electron chi connectivity index (χ1n) is 5.35. The van der Waals surface area contributed by atoms with Crippen molar-refractivity contribution < 1.29 is 0 Å². The maximum atomic E-state index is 2.42. The lowest BCUT2D eigenvalue weighted by Gasteiger charge is -2.24. The van der Waals surface area contributed by atoms with Crippen LogP contribution in [-0.4, -0.2) is 0 Å². The number of aryl methyl sites for hydroxylation is 1. The van der Waals surface area contributed by atoms with Gasteiger partial charge in [0, 0.05) is 0 Å². The Bertz CT molecular complexity index is 297. The van der Waals surface area contributed by atoms with E-state index in [4.69, 9.17) is 0 Å². The first-order valence-corrected chi connectivity index (χ1v) is 5.35. The number of benzene rings is 1. The van der Waals surface area contributed by atoms with Crippen LogP contribution in [0, 0.1) is 0 Å². The Balaban J connectivity index is 2.37. The number of rotatable bonds is 2. The second kappa shape index (κ2) is 3.17. The summed E-state index contributed by atoms with van der Waals surface area (Å²) in [7, 11) is 0. The summed E-state index contributed by atoms with van der Waals surface area (Å²) < 4.78 is 0. The molecule has 1 aromatic carbocycles. The number of hydrogen-bond donors (Lipinski definition) is 0. The Morgan fingerprint density at radius 1 is 1.31 bits per heavy atom. The molecule has 0 saturated carbocycles. The van der Waals surface area contributed by atoms with Gasteiger partial charge < -0.3 is 0 Å². The summed E-state index contributed by atoms with van der Waals surface area (Å²) in [6, 6.07) is 8.95. The SMILES string of the molecule is CCCC1(C)CCc2ccccc21. The highest BCUT2D eigenvalue weighted by atomic mass is 14.4. The minimum absolute atomic E-state index is 0.478. The molecule has 1 aromatic rings. The van der Waals surface area contributed by atoms with Crippen LogP contribution < -0.4 is 0 Å². The quantitative estimate of drug-likeness (QED) is 0.641. The van der Waals surface area contributed by atoms with Crippen LogP contribution in [0.2, 0.25) is 0 Å². The van der Waals surface area contributed by atoms with E-state index in [1.807, 2.05) is 0 Å². The fourth-order valence-electron chi connectivity index (χ4n) is 2.68. The molecule has 1 atom stereocenters. The van der Waals surface area contributed by atoms with Crippen molar-refractivity contribution in [2.24, 2.45) is 0 Å². The van der Waals surface area contributed by atoms with Crippen LogP contribution in [0.5, 0.6) is 0 Å². The summed E-state index contributed by atoms with van der Waals surface area (Å²) in [5.41, 5.74) is 3.67. The van der Waals surface area contributed by atoms with Gasteiger partial charge in [0.25, 0.3) is 0 Å². The van der Waals surface area contributed by atoms with Gasteiger partial charge in [-0.2, -0.15) is 0 Å². The first kappa shape index (κ1) is 8.80. The predicted molar refractivity (Wildman–Crippen MR) is 57.0 cm³/mol. The molecule has 2 rings (SSSR count). The van der Waals surface area contributed by atoms with E-state index in [2.05, 4.69) is 38.1 Å². The lowest BCUT2D eigenvalue weighted by molar-refractivity contribution is 0.426. The second-order valence-corrected chi connectivity index (χ2v) is 4.47. The van der Waals surface area contributed by atoms with Crippen molar-refractivity contribution in [3.05, 3.63) is 35.4 Å². The summed E-state index contributed by atoms with van der Waals surface area (Å²) >= 11 is 0. The van der Waals surface area contributed by atoms with E-state index in [9.17, 15) is 0 Å². The van der Waals surface area contributed by atoms with Gasteiger partial charge in [0.1, 0.15) is 0 Å². The highest BCUT2D eigenvalue weighted by Crippen LogP contribution is 2.41. The molecule has 13 heavy (non-hydrogen) atoms. The first-order chi connectivity index (χ1) is 6.26. The number of fused-ring (bicyclic) bond motifs is 1. The molecule has 1 aliphatic rings. The van der Waals surface area contributed by atoms with E-state index in [1.165, 1.54) is 25.7 Å². The Morgan fingerprint density at radius 2 is 2.08 bits per heavy atom. The van der Waals surface area contributed by atoms with Crippen LogP contribution in [0.3, 0.4) is 0 Å². The molecule has 0 aliphatic heterocycles. The molecule has 0 amide bonds. The average molecular weight is 174 g/mol. The third-order valence-electron chi connectivity index (χ3n) is 3.42. The van der Waals surface area contributed by atoms with E-state index in [0.29, 0.717) is 5.41 Å². The molecule has 0 saturated heterocycles. The highest BCUT2D eigenvalue weighted by molar-refractivity contribution is 5.38. The van der Waals surface area contributed by atoms with Gasteiger partial charge in [0.2, 0.25) is 0 Å². The molecule has 0 nitrogen and oxygen atoms in total. The average Bonchev–Trinajstić information content (AvgIpc) is 2.46. The zero-order valence-electron chi connectivity index (χ0n) is 8.64. The Hall–Kier alpha value is -0.780. The maximum Gasteiger partial charge on any atom is -0.00695 e. The smallest absolute Gasteiger partial charge is 0.00695 e. The second-order valence-electron chi connectivity index (χ2n) is 4.47. The van der Waals surface area contributed by atoms with Crippen LogP contribution >= 0.6 is 0 Å². The van der Waals surface area contributed by atoms with Gasteiger partial charge in [-0.05, 0) is 35.8 Å². The van der Waals surface area contributed by atoms with Crippen LogP contribution in [0.1, 0.15) is 44.2 Å². The fraction of sp³-hybridized carbons (Fsp3) is 0.538. The van der Waals surface area contributed by atoms with Crippen molar-refractivity contribution in [2.75, 3.05) is 0 Å². The normalized spacial score (nSPS) is 26.0. The molecule has 0 heteroatoms. The van der Waals surface area contributed by atoms with Gasteiger partial charge in [0.05, 0.1) is 0 Å². The van der Waals surface area contributed by atoms with E-state index in [1.54, 1.807) is 11.1 Å². The number of hydrogen-bond acceptors (Lipinski definition) is 0. The molecule has 0 heterocycles. The molecule has 1 aliphatic carbocycles. The molecule has 0 fully saturated rings. The van der Waals surface area contributed by atoms with Crippen molar-refractivity contribution in [2.45, 2.75) is 44.9 Å². The van der Waals surface area contributed by atoms with Crippen LogP contribution in [0.25, 0.3) is 0 Å². The lowest BCUT2D eigenvalue weighted by atomic mass is 9.80. The van der Waals surface area contributed by atoms with E-state index >= 15 is 0 Å². The van der Waals surface area contributed by atoms with Gasteiger partial charge in [-0.15, -0.1) is 0 Å². The molecule has 0 aromatic heterocycles. The minimum atomic E-state index is 0.478. The van der Waals surface area contributed by atoms with Crippen LogP contribution in [0.15, 0.2) is 24.3 Å². The van der Waals surface area contributed by atoms with Crippen molar-refractivity contribution >= 4 is 0 Å². The van der Waals surface area contributed by atoms with E-state index < -0.39 is 0 Å². The molecule has 70 valence electrons. The summed E-state index contributed by atoms with van der Waals surface area (Å²) in [6.45, 7) is 4.70. The van der Waals surface area contributed by atoms with Gasteiger partial charge in [-0.3, -0.25) is 0 Å². The molecule has 0 bridgehead atoms. The van der Waals surface area contributed by atoms with Crippen LogP contribution in [-0.2, 0) is 11.8 Å². The Labute approximate surface area is 81.0 Å². The third-order valence-corrected chi connectivity index (χ3v) is 3.42. The minimum Gasteiger partial charge on any atom is -0.0654 e. The van der Waals surface area contributed by atoms with Gasteiger partial charge >= 0.3 is 0 Å². The van der Waals surface area contributed by atoms with Crippen molar-refractivity contribution in [1.29, 1.82) is 0 Å². The summed E-state index contributed by atoms with van der Waals surface area (Å²) in [4.78, 5) is 0. The lowest BCUT2D eigenvalue weighted by Crippen LogP contribution is -2.17. The topological polar surface area (TPSA) is 0 Å². The molecular formula is C13H18. The summed E-state index contributed by atoms with van der Waals surface area (Å²) in [6.07, 6.45) is 5.27. The van der Waals surface area contributed by atoms with Crippen molar-refractivity contribution in [1.82, 2.24) is 0 Å². The van der Waals surface area contributed by atoms with Crippen LogP contribution in [0.4, 0.5) is 0 Å². The van der Waals surface area contributed by atoms with Crippen molar-refractivity contribution in [3.8, 4) is 0 Å². The third kappa shape index (κ3) is 1.39. The molecule has 0 N–H and O–H groups in total. The highest BCUT2D eigenvalue weighted by Gasteiger charge is 2.32.